The first-order valence-electron chi connectivity index (χ1n) is 6.99. The van der Waals surface area contributed by atoms with Gasteiger partial charge in [0.2, 0.25) is 5.91 Å². The maximum absolute atomic E-state index is 12.0. The second-order valence-corrected chi connectivity index (χ2v) is 6.30. The number of rotatable bonds is 5. The van der Waals surface area contributed by atoms with Crippen LogP contribution >= 0.6 is 0 Å². The van der Waals surface area contributed by atoms with Gasteiger partial charge >= 0.3 is 5.97 Å². The monoisotopic (exact) mass is 275 g/mol. The summed E-state index contributed by atoms with van der Waals surface area (Å²) in [6.45, 7) is 3.59. The molecule has 0 fully saturated rings. The number of hydrogen-bond acceptors (Lipinski definition) is 2. The Morgan fingerprint density at radius 3 is 2.60 bits per heavy atom. The van der Waals surface area contributed by atoms with Crippen LogP contribution in [0.3, 0.4) is 0 Å². The number of amides is 1. The van der Waals surface area contributed by atoms with E-state index in [9.17, 15) is 9.59 Å². The van der Waals surface area contributed by atoms with Crippen LogP contribution in [0.15, 0.2) is 18.2 Å². The van der Waals surface area contributed by atoms with Crippen molar-refractivity contribution in [3.63, 3.8) is 0 Å². The Kier molecular flexibility index (Phi) is 4.12. The minimum absolute atomic E-state index is 0.00932. The fourth-order valence-corrected chi connectivity index (χ4v) is 2.76. The van der Waals surface area contributed by atoms with Crippen molar-refractivity contribution in [3.8, 4) is 0 Å². The second-order valence-electron chi connectivity index (χ2n) is 6.30. The highest BCUT2D eigenvalue weighted by atomic mass is 16.4. The number of nitrogens with one attached hydrogen (secondary N) is 1. The molecule has 1 aliphatic carbocycles. The topological polar surface area (TPSA) is 66.4 Å². The third kappa shape index (κ3) is 3.83. The number of anilines is 1. The highest BCUT2D eigenvalue weighted by molar-refractivity contribution is 5.91. The van der Waals surface area contributed by atoms with Gasteiger partial charge in [-0.3, -0.25) is 9.59 Å². The maximum atomic E-state index is 12.0. The third-order valence-corrected chi connectivity index (χ3v) is 3.65. The van der Waals surface area contributed by atoms with E-state index in [0.29, 0.717) is 0 Å². The molecular weight excluding hydrogens is 254 g/mol. The maximum Gasteiger partial charge on any atom is 0.303 e. The van der Waals surface area contributed by atoms with E-state index in [4.69, 9.17) is 5.11 Å². The molecule has 0 spiro atoms. The van der Waals surface area contributed by atoms with Crippen LogP contribution in [0, 0.1) is 5.41 Å². The third-order valence-electron chi connectivity index (χ3n) is 3.65. The molecule has 0 saturated carbocycles. The summed E-state index contributed by atoms with van der Waals surface area (Å²) in [5.41, 5.74) is 2.95. The minimum Gasteiger partial charge on any atom is -0.481 e. The van der Waals surface area contributed by atoms with E-state index in [1.54, 1.807) is 13.8 Å². The number of hydrogen-bond donors (Lipinski definition) is 2. The summed E-state index contributed by atoms with van der Waals surface area (Å²) in [4.78, 5) is 22.8. The summed E-state index contributed by atoms with van der Waals surface area (Å²) in [5, 5.41) is 11.7. The molecule has 0 atom stereocenters. The van der Waals surface area contributed by atoms with Crippen LogP contribution in [0.1, 0.15) is 44.2 Å². The van der Waals surface area contributed by atoms with Crippen molar-refractivity contribution in [3.05, 3.63) is 29.3 Å². The Morgan fingerprint density at radius 1 is 1.20 bits per heavy atom. The molecule has 1 aromatic carbocycles. The van der Waals surface area contributed by atoms with Gasteiger partial charge in [0.05, 0.1) is 6.42 Å². The normalized spacial score (nSPS) is 13.9. The zero-order valence-corrected chi connectivity index (χ0v) is 12.0. The first kappa shape index (κ1) is 14.6. The number of aryl methyl sites for hydroxylation is 2. The number of fused-ring (bicyclic) bond motifs is 1. The zero-order chi connectivity index (χ0) is 14.8. The molecule has 0 unspecified atom stereocenters. The number of carbonyl (C=O) groups excluding carboxylic acids is 1. The van der Waals surface area contributed by atoms with Crippen LogP contribution in [0.25, 0.3) is 0 Å². The van der Waals surface area contributed by atoms with Crippen LogP contribution < -0.4 is 5.32 Å². The molecular formula is C16H21NO3. The van der Waals surface area contributed by atoms with E-state index in [-0.39, 0.29) is 18.7 Å². The first-order chi connectivity index (χ1) is 9.35. The highest BCUT2D eigenvalue weighted by Gasteiger charge is 2.25. The van der Waals surface area contributed by atoms with E-state index in [0.717, 1.165) is 18.5 Å². The molecule has 1 amide bonds. The average molecular weight is 275 g/mol. The Balaban J connectivity index is 1.96. The van der Waals surface area contributed by atoms with Crippen molar-refractivity contribution in [1.29, 1.82) is 0 Å². The summed E-state index contributed by atoms with van der Waals surface area (Å²) < 4.78 is 0. The van der Waals surface area contributed by atoms with Gasteiger partial charge in [0.1, 0.15) is 0 Å². The highest BCUT2D eigenvalue weighted by Crippen LogP contribution is 2.27. The Bertz CT molecular complexity index is 535. The van der Waals surface area contributed by atoms with Crippen LogP contribution in [-0.2, 0) is 22.4 Å². The van der Waals surface area contributed by atoms with Gasteiger partial charge < -0.3 is 10.4 Å². The van der Waals surface area contributed by atoms with Crippen molar-refractivity contribution in [2.45, 2.75) is 46.0 Å². The molecule has 0 aliphatic heterocycles. The molecule has 1 aliphatic rings. The molecule has 2 N–H and O–H groups in total. The van der Waals surface area contributed by atoms with Gasteiger partial charge in [0.25, 0.3) is 0 Å². The zero-order valence-electron chi connectivity index (χ0n) is 12.0. The lowest BCUT2D eigenvalue weighted by molar-refractivity contribution is -0.139. The number of carboxylic acid groups (broad SMARTS) is 1. The fraction of sp³-hybridized carbons (Fsp3) is 0.500. The van der Waals surface area contributed by atoms with Crippen molar-refractivity contribution in [1.82, 2.24) is 0 Å². The lowest BCUT2D eigenvalue weighted by Gasteiger charge is -2.21. The van der Waals surface area contributed by atoms with Crippen molar-refractivity contribution < 1.29 is 14.7 Å². The second kappa shape index (κ2) is 5.65. The molecule has 0 saturated heterocycles. The summed E-state index contributed by atoms with van der Waals surface area (Å²) >= 11 is 0. The van der Waals surface area contributed by atoms with Crippen LogP contribution in [0.4, 0.5) is 5.69 Å². The van der Waals surface area contributed by atoms with Crippen molar-refractivity contribution in [2.75, 3.05) is 5.32 Å². The van der Waals surface area contributed by atoms with E-state index < -0.39 is 11.4 Å². The molecule has 108 valence electrons. The number of benzene rings is 1. The van der Waals surface area contributed by atoms with Gasteiger partial charge in [0.15, 0.2) is 0 Å². The largest absolute Gasteiger partial charge is 0.481 e. The molecule has 0 heterocycles. The van der Waals surface area contributed by atoms with Crippen molar-refractivity contribution in [2.24, 2.45) is 5.41 Å². The number of carboxylic acids is 1. The standard InChI is InChI=1S/C16H21NO3/c1-16(2,10-15(19)20)9-14(18)17-13-7-6-11-4-3-5-12(11)8-13/h6-8H,3-5,9-10H2,1-2H3,(H,17,18)(H,19,20). The van der Waals surface area contributed by atoms with Gasteiger partial charge in [-0.25, -0.2) is 0 Å². The predicted molar refractivity (Wildman–Crippen MR) is 77.7 cm³/mol. The van der Waals surface area contributed by atoms with Crippen molar-refractivity contribution >= 4 is 17.6 Å². The van der Waals surface area contributed by atoms with Gasteiger partial charge in [-0.15, -0.1) is 0 Å². The van der Waals surface area contributed by atoms with E-state index in [1.165, 1.54) is 17.5 Å². The van der Waals surface area contributed by atoms with Gasteiger partial charge in [0, 0.05) is 12.1 Å². The van der Waals surface area contributed by atoms with Gasteiger partial charge in [-0.2, -0.15) is 0 Å². The predicted octanol–water partition coefficient (Wildman–Crippen LogP) is 3.00. The SMILES string of the molecule is CC(C)(CC(=O)O)CC(=O)Nc1ccc2c(c1)CCC2. The van der Waals surface area contributed by atoms with Crippen LogP contribution in [-0.4, -0.2) is 17.0 Å². The number of aliphatic carboxylic acids is 1. The van der Waals surface area contributed by atoms with Gasteiger partial charge in [-0.1, -0.05) is 19.9 Å². The van der Waals surface area contributed by atoms with Gasteiger partial charge in [-0.05, 0) is 47.9 Å². The fourth-order valence-electron chi connectivity index (χ4n) is 2.76. The quantitative estimate of drug-likeness (QED) is 0.868. The Morgan fingerprint density at radius 2 is 1.90 bits per heavy atom. The molecule has 1 aromatic rings. The Labute approximate surface area is 119 Å². The smallest absolute Gasteiger partial charge is 0.303 e. The molecule has 4 heteroatoms. The minimum atomic E-state index is -0.875. The Hall–Kier alpha value is -1.84. The van der Waals surface area contributed by atoms with E-state index >= 15 is 0 Å². The van der Waals surface area contributed by atoms with E-state index in [2.05, 4.69) is 11.4 Å². The molecule has 2 rings (SSSR count). The van der Waals surface area contributed by atoms with E-state index in [1.807, 2.05) is 12.1 Å². The molecule has 0 aromatic heterocycles. The first-order valence-corrected chi connectivity index (χ1v) is 6.99. The summed E-state index contributed by atoms with van der Waals surface area (Å²) in [5.74, 6) is -1.01. The molecule has 20 heavy (non-hydrogen) atoms. The molecule has 0 bridgehead atoms. The molecule has 4 nitrogen and oxygen atoms in total. The summed E-state index contributed by atoms with van der Waals surface area (Å²) in [6.07, 6.45) is 3.57. The summed E-state index contributed by atoms with van der Waals surface area (Å²) in [7, 11) is 0. The summed E-state index contributed by atoms with van der Waals surface area (Å²) in [6, 6.07) is 6.02. The average Bonchev–Trinajstić information content (AvgIpc) is 2.72. The lowest BCUT2D eigenvalue weighted by atomic mass is 9.85. The van der Waals surface area contributed by atoms with Crippen LogP contribution in [0.2, 0.25) is 0 Å². The number of carbonyl (C=O) groups is 2. The lowest BCUT2D eigenvalue weighted by Crippen LogP contribution is -2.24. The molecule has 0 radical (unpaired) electrons. The van der Waals surface area contributed by atoms with Crippen LogP contribution in [0.5, 0.6) is 0 Å².